The second kappa shape index (κ2) is 15.5. The van der Waals surface area contributed by atoms with Gasteiger partial charge >= 0.3 is 6.03 Å². The molecule has 1 aromatic carbocycles. The number of hydrogen-bond acceptors (Lipinski definition) is 12. The van der Waals surface area contributed by atoms with E-state index in [4.69, 9.17) is 4.74 Å². The summed E-state index contributed by atoms with van der Waals surface area (Å²) in [7, 11) is 0. The number of nitriles is 2. The van der Waals surface area contributed by atoms with Gasteiger partial charge in [-0.05, 0) is 88.2 Å². The first-order valence-corrected chi connectivity index (χ1v) is 18.8. The van der Waals surface area contributed by atoms with Crippen LogP contribution in [-0.4, -0.2) is 89.9 Å². The molecular weight excluding hydrogens is 699 g/mol. The fourth-order valence-electron chi connectivity index (χ4n) is 7.76. The lowest BCUT2D eigenvalue weighted by molar-refractivity contribution is -0.120. The molecule has 16 heteroatoms. The Morgan fingerprint density at radius 3 is 2.64 bits per heavy atom. The molecule has 8 rings (SSSR count). The number of imide groups is 1. The average Bonchev–Trinajstić information content (AvgIpc) is 3.98. The molecular formula is C39H41N13O3. The highest BCUT2D eigenvalue weighted by Crippen LogP contribution is 2.37. The summed E-state index contributed by atoms with van der Waals surface area (Å²) in [4.78, 5) is 36.8. The molecule has 5 aromatic rings. The molecule has 2 atom stereocenters. The number of likely N-dealkylation sites (tertiary alicyclic amines) is 1. The molecule has 2 aliphatic heterocycles. The van der Waals surface area contributed by atoms with Crippen molar-refractivity contribution in [1.82, 2.24) is 45.0 Å². The fraction of sp³-hybridized carbons (Fsp3) is 0.410. The van der Waals surface area contributed by atoms with E-state index in [1.165, 1.54) is 6.20 Å². The van der Waals surface area contributed by atoms with E-state index < -0.39 is 6.04 Å². The summed E-state index contributed by atoms with van der Waals surface area (Å²) >= 11 is 0. The number of ether oxygens (including phenoxy) is 1. The van der Waals surface area contributed by atoms with E-state index >= 15 is 0 Å². The van der Waals surface area contributed by atoms with Crippen molar-refractivity contribution in [2.75, 3.05) is 36.4 Å². The third-order valence-electron chi connectivity index (χ3n) is 10.8. The standard InChI is InChI=1S/C39H41N13O3/c1-25(18-40)45-33-17-36(52-38-29(21-44-52)16-27(19-41)20-43-38)42-22-35(33)51-24-34(47-48-51)28-4-2-26(3-5-28)10-13-49-14-11-32(23-49)55-31-8-6-30(7-9-31)50-15-12-37(53)46-39(50)54/h6-9,16-17,20-22,24-26,28,32H,2-5,10-15,23H2,1H3,(H,42,45)(H,46,53,54)/t25-,26?,28?,32+/m1/s1. The summed E-state index contributed by atoms with van der Waals surface area (Å²) in [6, 6.07) is 14.5. The highest BCUT2D eigenvalue weighted by molar-refractivity contribution is 6.05. The van der Waals surface area contributed by atoms with Gasteiger partial charge in [-0.3, -0.25) is 19.9 Å². The Hall–Kier alpha value is -6.39. The number of aromatic nitrogens is 7. The zero-order valence-electron chi connectivity index (χ0n) is 30.5. The number of anilines is 2. The highest BCUT2D eigenvalue weighted by atomic mass is 16.5. The zero-order chi connectivity index (χ0) is 37.9. The fourth-order valence-corrected chi connectivity index (χ4v) is 7.76. The van der Waals surface area contributed by atoms with Crippen LogP contribution in [0.4, 0.5) is 16.2 Å². The molecule has 0 unspecified atom stereocenters. The Kier molecular flexibility index (Phi) is 10.1. The summed E-state index contributed by atoms with van der Waals surface area (Å²) in [5.41, 5.74) is 4.06. The first kappa shape index (κ1) is 35.6. The molecule has 3 aliphatic rings. The number of amides is 3. The smallest absolute Gasteiger partial charge is 0.328 e. The Labute approximate surface area is 317 Å². The van der Waals surface area contributed by atoms with Crippen LogP contribution >= 0.6 is 0 Å². The summed E-state index contributed by atoms with van der Waals surface area (Å²) < 4.78 is 9.62. The molecule has 3 fully saturated rings. The molecule has 0 spiro atoms. The van der Waals surface area contributed by atoms with Crippen molar-refractivity contribution in [1.29, 1.82) is 10.5 Å². The quantitative estimate of drug-likeness (QED) is 0.187. The lowest BCUT2D eigenvalue weighted by atomic mass is 9.79. The maximum Gasteiger partial charge on any atom is 0.328 e. The maximum atomic E-state index is 12.2. The Morgan fingerprint density at radius 1 is 1.02 bits per heavy atom. The van der Waals surface area contributed by atoms with Gasteiger partial charge in [0.15, 0.2) is 11.5 Å². The third kappa shape index (κ3) is 7.81. The van der Waals surface area contributed by atoms with Crippen molar-refractivity contribution in [3.8, 4) is 29.4 Å². The van der Waals surface area contributed by atoms with Gasteiger partial charge in [0.2, 0.25) is 5.91 Å². The third-order valence-corrected chi connectivity index (χ3v) is 10.8. The molecule has 3 amide bonds. The molecule has 0 radical (unpaired) electrons. The van der Waals surface area contributed by atoms with Crippen molar-refractivity contribution in [3.05, 3.63) is 72.4 Å². The number of nitrogens with zero attached hydrogens (tertiary/aromatic N) is 11. The average molecular weight is 740 g/mol. The molecule has 2 saturated heterocycles. The van der Waals surface area contributed by atoms with Crippen LogP contribution in [-0.2, 0) is 4.79 Å². The summed E-state index contributed by atoms with van der Waals surface area (Å²) in [6.45, 7) is 5.13. The van der Waals surface area contributed by atoms with E-state index in [0.29, 0.717) is 53.2 Å². The predicted molar refractivity (Wildman–Crippen MR) is 202 cm³/mol. The van der Waals surface area contributed by atoms with E-state index in [1.54, 1.807) is 39.6 Å². The lowest BCUT2D eigenvalue weighted by Crippen LogP contribution is -2.49. The zero-order valence-corrected chi connectivity index (χ0v) is 30.5. The molecule has 1 saturated carbocycles. The van der Waals surface area contributed by atoms with Crippen LogP contribution in [0.15, 0.2) is 61.2 Å². The van der Waals surface area contributed by atoms with Gasteiger partial charge in [0.05, 0.1) is 41.6 Å². The normalized spacial score (nSPS) is 20.9. The van der Waals surface area contributed by atoms with Crippen molar-refractivity contribution < 1.29 is 14.3 Å². The summed E-state index contributed by atoms with van der Waals surface area (Å²) in [5.74, 6) is 2.05. The first-order valence-electron chi connectivity index (χ1n) is 18.8. The van der Waals surface area contributed by atoms with E-state index in [9.17, 15) is 20.1 Å². The minimum atomic E-state index is -0.471. The topological polar surface area (TPSA) is 196 Å². The number of carbonyl (C=O) groups is 2. The van der Waals surface area contributed by atoms with Crippen molar-refractivity contribution in [2.45, 2.75) is 69.9 Å². The summed E-state index contributed by atoms with van der Waals surface area (Å²) in [6.07, 6.45) is 13.8. The van der Waals surface area contributed by atoms with Gasteiger partial charge in [0.1, 0.15) is 29.7 Å². The van der Waals surface area contributed by atoms with Crippen molar-refractivity contribution in [3.63, 3.8) is 0 Å². The lowest BCUT2D eigenvalue weighted by Gasteiger charge is -2.28. The first-order chi connectivity index (χ1) is 26.8. The number of rotatable bonds is 11. The van der Waals surface area contributed by atoms with E-state index in [1.807, 2.05) is 36.5 Å². The van der Waals surface area contributed by atoms with Gasteiger partial charge in [0.25, 0.3) is 0 Å². The monoisotopic (exact) mass is 739 g/mol. The minimum absolute atomic E-state index is 0.131. The molecule has 6 heterocycles. The highest BCUT2D eigenvalue weighted by Gasteiger charge is 2.29. The molecule has 16 nitrogen and oxygen atoms in total. The van der Waals surface area contributed by atoms with Gasteiger partial charge in [-0.15, -0.1) is 5.10 Å². The number of hydrogen-bond donors (Lipinski definition) is 2. The van der Waals surface area contributed by atoms with Gasteiger partial charge in [-0.25, -0.2) is 19.4 Å². The number of fused-ring (bicyclic) bond motifs is 1. The van der Waals surface area contributed by atoms with Crippen molar-refractivity contribution >= 4 is 34.3 Å². The Balaban J connectivity index is 0.836. The largest absolute Gasteiger partial charge is 0.489 e. The molecule has 2 N–H and O–H groups in total. The number of carbonyl (C=O) groups excluding carboxylic acids is 2. The maximum absolute atomic E-state index is 12.2. The number of urea groups is 1. The second-order valence-corrected chi connectivity index (χ2v) is 14.5. The predicted octanol–water partition coefficient (Wildman–Crippen LogP) is 4.86. The molecule has 55 heavy (non-hydrogen) atoms. The second-order valence-electron chi connectivity index (χ2n) is 14.5. The molecule has 280 valence electrons. The van der Waals surface area contributed by atoms with Crippen LogP contribution in [0.1, 0.15) is 69.0 Å². The SMILES string of the molecule is C[C@H](C#N)Nc1cc(-n2ncc3cc(C#N)cnc32)ncc1-n1cc(C2CCC(CCN3CC[C@H](Oc4ccc(N5CCC(=O)NC5=O)cc4)C3)CC2)nn1. The van der Waals surface area contributed by atoms with Crippen LogP contribution in [0.25, 0.3) is 22.5 Å². The van der Waals surface area contributed by atoms with Crippen LogP contribution in [0, 0.1) is 28.6 Å². The van der Waals surface area contributed by atoms with Crippen molar-refractivity contribution in [2.24, 2.45) is 5.92 Å². The van der Waals surface area contributed by atoms with Crippen LogP contribution in [0.5, 0.6) is 5.75 Å². The number of benzene rings is 1. The van der Waals surface area contributed by atoms with E-state index in [-0.39, 0.29) is 18.0 Å². The summed E-state index contributed by atoms with van der Waals surface area (Å²) in [5, 5.41) is 38.7. The van der Waals surface area contributed by atoms with Gasteiger partial charge in [-0.2, -0.15) is 20.3 Å². The van der Waals surface area contributed by atoms with Gasteiger partial charge in [-0.1, -0.05) is 5.21 Å². The van der Waals surface area contributed by atoms with Crippen LogP contribution < -0.4 is 20.3 Å². The van der Waals surface area contributed by atoms with E-state index in [0.717, 1.165) is 80.7 Å². The Morgan fingerprint density at radius 2 is 1.85 bits per heavy atom. The molecule has 1 aliphatic carbocycles. The number of pyridine rings is 2. The van der Waals surface area contributed by atoms with E-state index in [2.05, 4.69) is 53.1 Å². The molecule has 4 aromatic heterocycles. The van der Waals surface area contributed by atoms with Crippen LogP contribution in [0.3, 0.4) is 0 Å². The Bertz CT molecular complexity index is 2280. The minimum Gasteiger partial charge on any atom is -0.489 e. The number of nitrogens with one attached hydrogen (secondary N) is 2. The van der Waals surface area contributed by atoms with Gasteiger partial charge in [0, 0.05) is 55.3 Å². The molecule has 0 bridgehead atoms. The van der Waals surface area contributed by atoms with Gasteiger partial charge < -0.3 is 10.1 Å². The van der Waals surface area contributed by atoms with Crippen LogP contribution in [0.2, 0.25) is 0 Å².